The number of nitrogens with zero attached hydrogens (tertiary/aromatic N) is 2. The van der Waals surface area contributed by atoms with Crippen molar-refractivity contribution < 1.29 is 5.11 Å². The summed E-state index contributed by atoms with van der Waals surface area (Å²) in [6.45, 7) is 1.94. The fourth-order valence-corrected chi connectivity index (χ4v) is 3.39. The first-order valence-corrected chi connectivity index (χ1v) is 8.76. The molecule has 2 aromatic carbocycles. The van der Waals surface area contributed by atoms with Crippen LogP contribution in [0.5, 0.6) is 5.75 Å². The number of hydrogen-bond donors (Lipinski definition) is 1. The SMILES string of the molecule is Cc1ccc2ccc(C(Cc3ccccn3)c3ccccc3)c(O)c2n1. The predicted molar refractivity (Wildman–Crippen MR) is 104 cm³/mol. The van der Waals surface area contributed by atoms with Crippen LogP contribution in [0.15, 0.2) is 79.0 Å². The summed E-state index contributed by atoms with van der Waals surface area (Å²) >= 11 is 0. The Balaban J connectivity index is 1.86. The molecule has 0 saturated carbocycles. The molecule has 1 atom stereocenters. The summed E-state index contributed by atoms with van der Waals surface area (Å²) in [5, 5.41) is 11.9. The van der Waals surface area contributed by atoms with Crippen molar-refractivity contribution in [3.8, 4) is 5.75 Å². The second-order valence-electron chi connectivity index (χ2n) is 6.52. The van der Waals surface area contributed by atoms with Crippen molar-refractivity contribution in [1.82, 2.24) is 9.97 Å². The third-order valence-corrected chi connectivity index (χ3v) is 4.72. The summed E-state index contributed by atoms with van der Waals surface area (Å²) in [7, 11) is 0. The Morgan fingerprint density at radius 3 is 2.42 bits per heavy atom. The molecule has 0 spiro atoms. The monoisotopic (exact) mass is 340 g/mol. The van der Waals surface area contributed by atoms with Gasteiger partial charge in [-0.2, -0.15) is 0 Å². The van der Waals surface area contributed by atoms with E-state index in [1.807, 2.05) is 73.8 Å². The van der Waals surface area contributed by atoms with Crippen LogP contribution in [0.4, 0.5) is 0 Å². The third-order valence-electron chi connectivity index (χ3n) is 4.72. The third kappa shape index (κ3) is 3.16. The number of hydrogen-bond acceptors (Lipinski definition) is 3. The molecule has 0 saturated heterocycles. The molecule has 0 aliphatic heterocycles. The molecule has 0 radical (unpaired) electrons. The van der Waals surface area contributed by atoms with Gasteiger partial charge >= 0.3 is 0 Å². The maximum atomic E-state index is 11.0. The predicted octanol–water partition coefficient (Wildman–Crippen LogP) is 5.02. The molecule has 0 aliphatic carbocycles. The van der Waals surface area contributed by atoms with E-state index in [0.29, 0.717) is 5.52 Å². The summed E-state index contributed by atoms with van der Waals surface area (Å²) in [6, 6.07) is 24.2. The van der Waals surface area contributed by atoms with Crippen molar-refractivity contribution in [2.45, 2.75) is 19.3 Å². The number of fused-ring (bicyclic) bond motifs is 1. The van der Waals surface area contributed by atoms with Gasteiger partial charge in [0.05, 0.1) is 0 Å². The minimum absolute atomic E-state index is 0.0119. The average Bonchev–Trinajstić information content (AvgIpc) is 2.69. The fourth-order valence-electron chi connectivity index (χ4n) is 3.39. The summed E-state index contributed by atoms with van der Waals surface area (Å²) < 4.78 is 0. The van der Waals surface area contributed by atoms with Crippen LogP contribution in [0.25, 0.3) is 10.9 Å². The molecule has 4 aromatic rings. The average molecular weight is 340 g/mol. The number of pyridine rings is 2. The quantitative estimate of drug-likeness (QED) is 0.567. The van der Waals surface area contributed by atoms with E-state index in [2.05, 4.69) is 22.1 Å². The highest BCUT2D eigenvalue weighted by Gasteiger charge is 2.20. The van der Waals surface area contributed by atoms with Crippen molar-refractivity contribution >= 4 is 10.9 Å². The van der Waals surface area contributed by atoms with Crippen LogP contribution in [0.1, 0.15) is 28.4 Å². The zero-order valence-electron chi connectivity index (χ0n) is 14.6. The van der Waals surface area contributed by atoms with Gasteiger partial charge in [0.1, 0.15) is 11.3 Å². The van der Waals surface area contributed by atoms with Crippen LogP contribution < -0.4 is 0 Å². The maximum Gasteiger partial charge on any atom is 0.145 e. The van der Waals surface area contributed by atoms with Gasteiger partial charge in [-0.3, -0.25) is 4.98 Å². The zero-order chi connectivity index (χ0) is 17.9. The molecular formula is C23H20N2O. The second-order valence-corrected chi connectivity index (χ2v) is 6.52. The van der Waals surface area contributed by atoms with Crippen LogP contribution in [-0.4, -0.2) is 15.1 Å². The topological polar surface area (TPSA) is 46.0 Å². The normalized spacial score (nSPS) is 12.2. The van der Waals surface area contributed by atoms with Crippen molar-refractivity contribution in [3.63, 3.8) is 0 Å². The van der Waals surface area contributed by atoms with Crippen LogP contribution in [0, 0.1) is 6.92 Å². The van der Waals surface area contributed by atoms with Crippen LogP contribution in [0.3, 0.4) is 0 Å². The van der Waals surface area contributed by atoms with Gasteiger partial charge in [0, 0.05) is 40.9 Å². The van der Waals surface area contributed by atoms with Gasteiger partial charge < -0.3 is 5.11 Å². The highest BCUT2D eigenvalue weighted by molar-refractivity contribution is 5.86. The number of aromatic nitrogens is 2. The molecule has 0 fully saturated rings. The maximum absolute atomic E-state index is 11.0. The van der Waals surface area contributed by atoms with Gasteiger partial charge in [-0.15, -0.1) is 0 Å². The van der Waals surface area contributed by atoms with E-state index in [9.17, 15) is 5.11 Å². The molecule has 0 aliphatic rings. The lowest BCUT2D eigenvalue weighted by molar-refractivity contribution is 0.469. The first kappa shape index (κ1) is 16.3. The molecule has 2 heterocycles. The summed E-state index contributed by atoms with van der Waals surface area (Å²) in [6.07, 6.45) is 2.53. The number of rotatable bonds is 4. The molecule has 0 bridgehead atoms. The molecule has 4 rings (SSSR count). The lowest BCUT2D eigenvalue weighted by Gasteiger charge is -2.20. The van der Waals surface area contributed by atoms with Crippen LogP contribution in [0.2, 0.25) is 0 Å². The smallest absolute Gasteiger partial charge is 0.145 e. The highest BCUT2D eigenvalue weighted by atomic mass is 16.3. The number of phenolic OH excluding ortho intramolecular Hbond substituents is 1. The summed E-state index contributed by atoms with van der Waals surface area (Å²) in [4.78, 5) is 9.03. The van der Waals surface area contributed by atoms with E-state index in [4.69, 9.17) is 0 Å². The van der Waals surface area contributed by atoms with E-state index in [0.717, 1.165) is 34.3 Å². The Morgan fingerprint density at radius 1 is 0.885 bits per heavy atom. The van der Waals surface area contributed by atoms with Crippen molar-refractivity contribution in [2.24, 2.45) is 0 Å². The number of aryl methyl sites for hydroxylation is 1. The van der Waals surface area contributed by atoms with Gasteiger partial charge in [-0.05, 0) is 30.7 Å². The number of phenols is 1. The molecule has 1 unspecified atom stereocenters. The molecule has 128 valence electrons. The van der Waals surface area contributed by atoms with Gasteiger partial charge in [-0.1, -0.05) is 54.6 Å². The van der Waals surface area contributed by atoms with Gasteiger partial charge in [0.2, 0.25) is 0 Å². The number of benzene rings is 2. The van der Waals surface area contributed by atoms with Crippen LogP contribution in [-0.2, 0) is 6.42 Å². The zero-order valence-corrected chi connectivity index (χ0v) is 14.6. The first-order valence-electron chi connectivity index (χ1n) is 8.76. The standard InChI is InChI=1S/C23H20N2O/c1-16-10-11-18-12-13-20(23(26)22(18)25-16)21(17-7-3-2-4-8-17)15-19-9-5-6-14-24-19/h2-14,21,26H,15H2,1H3. The minimum atomic E-state index is 0.0119. The van der Waals surface area contributed by atoms with Crippen molar-refractivity contribution in [1.29, 1.82) is 0 Å². The van der Waals surface area contributed by atoms with E-state index in [-0.39, 0.29) is 11.7 Å². The number of aromatic hydroxyl groups is 1. The van der Waals surface area contributed by atoms with E-state index in [1.54, 1.807) is 0 Å². The molecule has 2 aromatic heterocycles. The second kappa shape index (κ2) is 6.96. The lowest BCUT2D eigenvalue weighted by Crippen LogP contribution is -2.07. The summed E-state index contributed by atoms with van der Waals surface area (Å²) in [5.74, 6) is 0.272. The molecule has 3 nitrogen and oxygen atoms in total. The van der Waals surface area contributed by atoms with Crippen molar-refractivity contribution in [2.75, 3.05) is 0 Å². The molecular weight excluding hydrogens is 320 g/mol. The van der Waals surface area contributed by atoms with Crippen LogP contribution >= 0.6 is 0 Å². The lowest BCUT2D eigenvalue weighted by atomic mass is 9.86. The molecule has 0 amide bonds. The molecule has 1 N–H and O–H groups in total. The molecule has 3 heteroatoms. The van der Waals surface area contributed by atoms with Gasteiger partial charge in [0.25, 0.3) is 0 Å². The van der Waals surface area contributed by atoms with E-state index in [1.165, 1.54) is 0 Å². The van der Waals surface area contributed by atoms with Gasteiger partial charge in [-0.25, -0.2) is 4.98 Å². The van der Waals surface area contributed by atoms with E-state index >= 15 is 0 Å². The fraction of sp³-hybridized carbons (Fsp3) is 0.130. The Hall–Kier alpha value is -3.20. The Labute approximate surface area is 153 Å². The Bertz CT molecular complexity index is 1030. The van der Waals surface area contributed by atoms with Crippen molar-refractivity contribution in [3.05, 3.63) is 102 Å². The largest absolute Gasteiger partial charge is 0.505 e. The Morgan fingerprint density at radius 2 is 1.65 bits per heavy atom. The first-order chi connectivity index (χ1) is 12.7. The Kier molecular flexibility index (Phi) is 4.36. The highest BCUT2D eigenvalue weighted by Crippen LogP contribution is 2.37. The van der Waals surface area contributed by atoms with E-state index < -0.39 is 0 Å². The molecule has 26 heavy (non-hydrogen) atoms. The minimum Gasteiger partial charge on any atom is -0.505 e. The van der Waals surface area contributed by atoms with Gasteiger partial charge in [0.15, 0.2) is 0 Å². The summed E-state index contributed by atoms with van der Waals surface area (Å²) in [5.41, 5.74) is 4.58.